The predicted molar refractivity (Wildman–Crippen MR) is 90.2 cm³/mol. The molecule has 0 unspecified atom stereocenters. The lowest BCUT2D eigenvalue weighted by Crippen LogP contribution is -2.36. The lowest BCUT2D eigenvalue weighted by Gasteiger charge is -2.11. The van der Waals surface area contributed by atoms with Gasteiger partial charge in [-0.1, -0.05) is 0 Å². The van der Waals surface area contributed by atoms with E-state index < -0.39 is 15.9 Å². The van der Waals surface area contributed by atoms with Crippen molar-refractivity contribution in [3.05, 3.63) is 54.0 Å². The van der Waals surface area contributed by atoms with Crippen LogP contribution in [0, 0.1) is 0 Å². The van der Waals surface area contributed by atoms with Crippen LogP contribution in [0.5, 0.6) is 0 Å². The molecule has 0 aliphatic rings. The highest BCUT2D eigenvalue weighted by Gasteiger charge is 2.16. The molecular formula is C16H19N3O5S. The zero-order valence-corrected chi connectivity index (χ0v) is 14.7. The fourth-order valence-electron chi connectivity index (χ4n) is 1.86. The number of hydrogen-bond acceptors (Lipinski definition) is 5. The SMILES string of the molecule is CN(C)C(=O)CNC(=O)c1ccc(S(=O)(=O)NCc2ccco2)cc1. The molecule has 25 heavy (non-hydrogen) atoms. The second-order valence-corrected chi connectivity index (χ2v) is 7.17. The highest BCUT2D eigenvalue weighted by molar-refractivity contribution is 7.89. The van der Waals surface area contributed by atoms with Crippen LogP contribution in [0.15, 0.2) is 52.0 Å². The van der Waals surface area contributed by atoms with Crippen LogP contribution < -0.4 is 10.0 Å². The Morgan fingerprint density at radius 2 is 1.80 bits per heavy atom. The van der Waals surface area contributed by atoms with Crippen LogP contribution in [0.2, 0.25) is 0 Å². The topological polar surface area (TPSA) is 109 Å². The summed E-state index contributed by atoms with van der Waals surface area (Å²) >= 11 is 0. The fraction of sp³-hybridized carbons (Fsp3) is 0.250. The Balaban J connectivity index is 1.98. The molecule has 0 spiro atoms. The second kappa shape index (κ2) is 7.95. The van der Waals surface area contributed by atoms with Gasteiger partial charge in [0, 0.05) is 19.7 Å². The van der Waals surface area contributed by atoms with Gasteiger partial charge in [-0.15, -0.1) is 0 Å². The zero-order chi connectivity index (χ0) is 18.4. The maximum atomic E-state index is 12.2. The molecule has 0 fully saturated rings. The first kappa shape index (κ1) is 18.7. The van der Waals surface area contributed by atoms with E-state index in [1.54, 1.807) is 26.2 Å². The van der Waals surface area contributed by atoms with Crippen molar-refractivity contribution >= 4 is 21.8 Å². The minimum absolute atomic E-state index is 0.0278. The third-order valence-corrected chi connectivity index (χ3v) is 4.76. The molecule has 0 bridgehead atoms. The second-order valence-electron chi connectivity index (χ2n) is 5.40. The van der Waals surface area contributed by atoms with Gasteiger partial charge in [-0.05, 0) is 36.4 Å². The maximum absolute atomic E-state index is 12.2. The summed E-state index contributed by atoms with van der Waals surface area (Å²) in [5.74, 6) is -0.206. The minimum atomic E-state index is -3.72. The molecule has 0 saturated heterocycles. The first-order chi connectivity index (χ1) is 11.8. The molecule has 0 aliphatic carbocycles. The first-order valence-electron chi connectivity index (χ1n) is 7.40. The van der Waals surface area contributed by atoms with Gasteiger partial charge in [0.2, 0.25) is 15.9 Å². The number of rotatable bonds is 7. The molecule has 1 heterocycles. The molecule has 0 saturated carbocycles. The van der Waals surface area contributed by atoms with Crippen molar-refractivity contribution in [3.63, 3.8) is 0 Å². The summed E-state index contributed by atoms with van der Waals surface area (Å²) in [7, 11) is -0.544. The summed E-state index contributed by atoms with van der Waals surface area (Å²) in [5, 5.41) is 2.47. The molecule has 2 N–H and O–H groups in total. The van der Waals surface area contributed by atoms with Crippen LogP contribution in [0.25, 0.3) is 0 Å². The summed E-state index contributed by atoms with van der Waals surface area (Å²) in [6, 6.07) is 8.75. The average Bonchev–Trinajstić information content (AvgIpc) is 3.11. The smallest absolute Gasteiger partial charge is 0.251 e. The summed E-state index contributed by atoms with van der Waals surface area (Å²) in [6.45, 7) is -0.0964. The largest absolute Gasteiger partial charge is 0.468 e. The molecule has 0 radical (unpaired) electrons. The molecule has 2 rings (SSSR count). The lowest BCUT2D eigenvalue weighted by atomic mass is 10.2. The van der Waals surface area contributed by atoms with Gasteiger partial charge in [-0.25, -0.2) is 13.1 Å². The van der Waals surface area contributed by atoms with E-state index in [0.717, 1.165) is 0 Å². The maximum Gasteiger partial charge on any atom is 0.251 e. The standard InChI is InChI=1S/C16H19N3O5S/c1-19(2)15(20)11-17-16(21)12-5-7-14(8-6-12)25(22,23)18-10-13-4-3-9-24-13/h3-9,18H,10-11H2,1-2H3,(H,17,21). The van der Waals surface area contributed by atoms with E-state index in [0.29, 0.717) is 5.76 Å². The van der Waals surface area contributed by atoms with Crippen molar-refractivity contribution in [3.8, 4) is 0 Å². The van der Waals surface area contributed by atoms with Crippen molar-refractivity contribution in [1.82, 2.24) is 14.9 Å². The lowest BCUT2D eigenvalue weighted by molar-refractivity contribution is -0.127. The molecule has 2 amide bonds. The quantitative estimate of drug-likeness (QED) is 0.746. The Kier molecular flexibility index (Phi) is 5.94. The van der Waals surface area contributed by atoms with E-state index in [9.17, 15) is 18.0 Å². The molecule has 9 heteroatoms. The molecule has 0 aliphatic heterocycles. The number of nitrogens with zero attached hydrogens (tertiary/aromatic N) is 1. The van der Waals surface area contributed by atoms with Crippen molar-refractivity contribution < 1.29 is 22.4 Å². The van der Waals surface area contributed by atoms with Crippen LogP contribution in [0.1, 0.15) is 16.1 Å². The molecule has 1 aromatic carbocycles. The number of likely N-dealkylation sites (N-methyl/N-ethyl adjacent to an activating group) is 1. The van der Waals surface area contributed by atoms with Gasteiger partial charge in [-0.3, -0.25) is 9.59 Å². The monoisotopic (exact) mass is 365 g/mol. The third kappa shape index (κ3) is 5.16. The number of sulfonamides is 1. The molecule has 0 atom stereocenters. The number of benzene rings is 1. The summed E-state index contributed by atoms with van der Waals surface area (Å²) in [5.41, 5.74) is 0.261. The molecule has 2 aromatic rings. The van der Waals surface area contributed by atoms with Gasteiger partial charge in [-0.2, -0.15) is 0 Å². The van der Waals surface area contributed by atoms with E-state index in [-0.39, 0.29) is 29.5 Å². The number of nitrogens with one attached hydrogen (secondary N) is 2. The van der Waals surface area contributed by atoms with E-state index in [4.69, 9.17) is 4.42 Å². The fourth-order valence-corrected chi connectivity index (χ4v) is 2.86. The molecular weight excluding hydrogens is 346 g/mol. The highest BCUT2D eigenvalue weighted by Crippen LogP contribution is 2.11. The Bertz CT molecular complexity index is 827. The van der Waals surface area contributed by atoms with Crippen LogP contribution in [-0.4, -0.2) is 45.8 Å². The normalized spacial score (nSPS) is 11.1. The van der Waals surface area contributed by atoms with Crippen molar-refractivity contribution in [2.75, 3.05) is 20.6 Å². The van der Waals surface area contributed by atoms with Crippen LogP contribution in [0.4, 0.5) is 0 Å². The van der Waals surface area contributed by atoms with E-state index in [2.05, 4.69) is 10.0 Å². The van der Waals surface area contributed by atoms with E-state index >= 15 is 0 Å². The van der Waals surface area contributed by atoms with Crippen molar-refractivity contribution in [1.29, 1.82) is 0 Å². The summed E-state index contributed by atoms with van der Waals surface area (Å²) in [4.78, 5) is 24.8. The number of carbonyl (C=O) groups is 2. The van der Waals surface area contributed by atoms with Crippen molar-refractivity contribution in [2.45, 2.75) is 11.4 Å². The van der Waals surface area contributed by atoms with Crippen LogP contribution in [-0.2, 0) is 21.4 Å². The number of amides is 2. The van der Waals surface area contributed by atoms with Crippen molar-refractivity contribution in [2.24, 2.45) is 0 Å². The predicted octanol–water partition coefficient (Wildman–Crippen LogP) is 0.576. The van der Waals surface area contributed by atoms with E-state index in [1.807, 2.05) is 0 Å². The molecule has 1 aromatic heterocycles. The summed E-state index contributed by atoms with van der Waals surface area (Å²) in [6.07, 6.45) is 1.46. The number of furan rings is 1. The zero-order valence-electron chi connectivity index (χ0n) is 13.9. The molecule has 8 nitrogen and oxygen atoms in total. The Morgan fingerprint density at radius 3 is 2.36 bits per heavy atom. The van der Waals surface area contributed by atoms with Gasteiger partial charge in [0.25, 0.3) is 5.91 Å². The Labute approximate surface area is 145 Å². The first-order valence-corrected chi connectivity index (χ1v) is 8.88. The van der Waals surface area contributed by atoms with Gasteiger partial charge in [0.05, 0.1) is 24.2 Å². The van der Waals surface area contributed by atoms with Gasteiger partial charge in [0.15, 0.2) is 0 Å². The van der Waals surface area contributed by atoms with E-state index in [1.165, 1.54) is 35.4 Å². The van der Waals surface area contributed by atoms with Crippen LogP contribution >= 0.6 is 0 Å². The number of hydrogen-bond donors (Lipinski definition) is 2. The number of carbonyl (C=O) groups excluding carboxylic acids is 2. The average molecular weight is 365 g/mol. The van der Waals surface area contributed by atoms with Gasteiger partial charge in [0.1, 0.15) is 5.76 Å². The van der Waals surface area contributed by atoms with Gasteiger partial charge >= 0.3 is 0 Å². The highest BCUT2D eigenvalue weighted by atomic mass is 32.2. The third-order valence-electron chi connectivity index (χ3n) is 3.34. The van der Waals surface area contributed by atoms with Crippen LogP contribution in [0.3, 0.4) is 0 Å². The summed E-state index contributed by atoms with van der Waals surface area (Å²) < 4.78 is 31.9. The Morgan fingerprint density at radius 1 is 1.12 bits per heavy atom. The minimum Gasteiger partial charge on any atom is -0.468 e. The Hall–Kier alpha value is -2.65. The molecule has 134 valence electrons. The van der Waals surface area contributed by atoms with Gasteiger partial charge < -0.3 is 14.6 Å².